The van der Waals surface area contributed by atoms with E-state index in [1.54, 1.807) is 0 Å². The standard InChI is InChI=1S/C12H26N2O/c1-4-14(5-2)9-8-13-12(3)6-10-15-11-7-12/h13H,4-11H2,1-3H3. The molecule has 1 aliphatic rings. The maximum atomic E-state index is 5.38. The molecule has 1 saturated heterocycles. The van der Waals surface area contributed by atoms with Gasteiger partial charge in [0.15, 0.2) is 0 Å². The van der Waals surface area contributed by atoms with E-state index in [1.165, 1.54) is 0 Å². The minimum atomic E-state index is 0.311. The molecule has 0 atom stereocenters. The average Bonchev–Trinajstić information content (AvgIpc) is 2.25. The number of hydrogen-bond donors (Lipinski definition) is 1. The fourth-order valence-electron chi connectivity index (χ4n) is 2.05. The Morgan fingerprint density at radius 2 is 1.80 bits per heavy atom. The molecule has 3 nitrogen and oxygen atoms in total. The Bertz CT molecular complexity index is 163. The summed E-state index contributed by atoms with van der Waals surface area (Å²) in [5.41, 5.74) is 0.311. The summed E-state index contributed by atoms with van der Waals surface area (Å²) >= 11 is 0. The Hall–Kier alpha value is -0.120. The number of nitrogens with one attached hydrogen (secondary N) is 1. The van der Waals surface area contributed by atoms with Crippen molar-refractivity contribution in [2.24, 2.45) is 0 Å². The van der Waals surface area contributed by atoms with E-state index in [4.69, 9.17) is 4.74 Å². The minimum absolute atomic E-state index is 0.311. The van der Waals surface area contributed by atoms with Crippen LogP contribution >= 0.6 is 0 Å². The zero-order valence-corrected chi connectivity index (χ0v) is 10.5. The Kier molecular flexibility index (Phi) is 5.58. The van der Waals surface area contributed by atoms with Crippen LogP contribution in [-0.2, 0) is 4.74 Å². The predicted octanol–water partition coefficient (Wildman–Crippen LogP) is 1.49. The zero-order valence-electron chi connectivity index (χ0n) is 10.5. The average molecular weight is 214 g/mol. The van der Waals surface area contributed by atoms with Crippen molar-refractivity contribution < 1.29 is 4.74 Å². The summed E-state index contributed by atoms with van der Waals surface area (Å²) in [6.07, 6.45) is 2.29. The van der Waals surface area contributed by atoms with Crippen molar-refractivity contribution in [1.29, 1.82) is 0 Å². The molecule has 0 aromatic heterocycles. The third-order valence-electron chi connectivity index (χ3n) is 3.47. The van der Waals surface area contributed by atoms with Gasteiger partial charge in [-0.25, -0.2) is 0 Å². The Labute approximate surface area is 94.2 Å². The van der Waals surface area contributed by atoms with Gasteiger partial charge in [0.05, 0.1) is 0 Å². The van der Waals surface area contributed by atoms with Crippen molar-refractivity contribution >= 4 is 0 Å². The molecule has 0 bridgehead atoms. The summed E-state index contributed by atoms with van der Waals surface area (Å²) in [4.78, 5) is 2.45. The van der Waals surface area contributed by atoms with Crippen LogP contribution in [-0.4, -0.2) is 49.8 Å². The second-order valence-corrected chi connectivity index (χ2v) is 4.63. The van der Waals surface area contributed by atoms with E-state index in [0.29, 0.717) is 5.54 Å². The lowest BCUT2D eigenvalue weighted by atomic mass is 9.92. The Balaban J connectivity index is 2.17. The first-order valence-corrected chi connectivity index (χ1v) is 6.25. The van der Waals surface area contributed by atoms with Crippen LogP contribution in [0.4, 0.5) is 0 Å². The first kappa shape index (κ1) is 12.9. The monoisotopic (exact) mass is 214 g/mol. The fraction of sp³-hybridized carbons (Fsp3) is 1.00. The Morgan fingerprint density at radius 1 is 1.20 bits per heavy atom. The normalized spacial score (nSPS) is 20.8. The smallest absolute Gasteiger partial charge is 0.0483 e. The SMILES string of the molecule is CCN(CC)CCNC1(C)CCOCC1. The molecule has 1 aliphatic heterocycles. The van der Waals surface area contributed by atoms with Crippen LogP contribution < -0.4 is 5.32 Å². The molecule has 0 amide bonds. The Morgan fingerprint density at radius 3 is 2.33 bits per heavy atom. The molecule has 0 spiro atoms. The maximum Gasteiger partial charge on any atom is 0.0483 e. The molecule has 0 radical (unpaired) electrons. The lowest BCUT2D eigenvalue weighted by Gasteiger charge is -2.35. The van der Waals surface area contributed by atoms with Crippen LogP contribution in [0, 0.1) is 0 Å². The van der Waals surface area contributed by atoms with Gasteiger partial charge in [0.1, 0.15) is 0 Å². The van der Waals surface area contributed by atoms with Gasteiger partial charge in [-0.1, -0.05) is 13.8 Å². The van der Waals surface area contributed by atoms with Crippen molar-refractivity contribution in [3.8, 4) is 0 Å². The molecule has 1 N–H and O–H groups in total. The van der Waals surface area contributed by atoms with Crippen LogP contribution in [0.3, 0.4) is 0 Å². The van der Waals surface area contributed by atoms with E-state index < -0.39 is 0 Å². The van der Waals surface area contributed by atoms with E-state index in [2.05, 4.69) is 31.0 Å². The number of ether oxygens (including phenoxy) is 1. The van der Waals surface area contributed by atoms with Gasteiger partial charge >= 0.3 is 0 Å². The first-order chi connectivity index (χ1) is 7.20. The quantitative estimate of drug-likeness (QED) is 0.725. The summed E-state index contributed by atoms with van der Waals surface area (Å²) in [6.45, 7) is 13.1. The van der Waals surface area contributed by atoms with Crippen LogP contribution in [0.25, 0.3) is 0 Å². The van der Waals surface area contributed by atoms with Gasteiger partial charge in [0, 0.05) is 31.8 Å². The van der Waals surface area contributed by atoms with Crippen LogP contribution in [0.2, 0.25) is 0 Å². The molecule has 3 heteroatoms. The van der Waals surface area contributed by atoms with E-state index in [0.717, 1.165) is 52.2 Å². The first-order valence-electron chi connectivity index (χ1n) is 6.25. The van der Waals surface area contributed by atoms with Gasteiger partial charge in [-0.2, -0.15) is 0 Å². The maximum absolute atomic E-state index is 5.38. The number of nitrogens with zero attached hydrogens (tertiary/aromatic N) is 1. The summed E-state index contributed by atoms with van der Waals surface area (Å²) in [5, 5.41) is 3.68. The van der Waals surface area contributed by atoms with Crippen molar-refractivity contribution in [2.45, 2.75) is 39.2 Å². The largest absolute Gasteiger partial charge is 0.381 e. The molecule has 90 valence electrons. The molecule has 0 aromatic carbocycles. The van der Waals surface area contributed by atoms with Gasteiger partial charge in [-0.3, -0.25) is 0 Å². The molecule has 0 unspecified atom stereocenters. The van der Waals surface area contributed by atoms with Crippen molar-refractivity contribution in [3.63, 3.8) is 0 Å². The third kappa shape index (κ3) is 4.49. The summed E-state index contributed by atoms with van der Waals surface area (Å²) in [7, 11) is 0. The van der Waals surface area contributed by atoms with Crippen LogP contribution in [0.1, 0.15) is 33.6 Å². The van der Waals surface area contributed by atoms with E-state index >= 15 is 0 Å². The molecule has 0 saturated carbocycles. The zero-order chi connectivity index (χ0) is 11.1. The van der Waals surface area contributed by atoms with Crippen molar-refractivity contribution in [3.05, 3.63) is 0 Å². The second-order valence-electron chi connectivity index (χ2n) is 4.63. The lowest BCUT2D eigenvalue weighted by molar-refractivity contribution is 0.0445. The van der Waals surface area contributed by atoms with E-state index in [1.807, 2.05) is 0 Å². The predicted molar refractivity (Wildman–Crippen MR) is 64.2 cm³/mol. The van der Waals surface area contributed by atoms with Crippen LogP contribution in [0.15, 0.2) is 0 Å². The highest BCUT2D eigenvalue weighted by Gasteiger charge is 2.26. The number of likely N-dealkylation sites (N-methyl/N-ethyl adjacent to an activating group) is 1. The molecular formula is C12H26N2O. The molecule has 1 fully saturated rings. The molecule has 0 aliphatic carbocycles. The van der Waals surface area contributed by atoms with Crippen molar-refractivity contribution in [1.82, 2.24) is 10.2 Å². The highest BCUT2D eigenvalue weighted by molar-refractivity contribution is 4.85. The highest BCUT2D eigenvalue weighted by Crippen LogP contribution is 2.19. The van der Waals surface area contributed by atoms with Gasteiger partial charge in [0.2, 0.25) is 0 Å². The summed E-state index contributed by atoms with van der Waals surface area (Å²) in [6, 6.07) is 0. The number of rotatable bonds is 6. The molecule has 1 heterocycles. The summed E-state index contributed by atoms with van der Waals surface area (Å²) < 4.78 is 5.38. The summed E-state index contributed by atoms with van der Waals surface area (Å²) in [5.74, 6) is 0. The van der Waals surface area contributed by atoms with E-state index in [9.17, 15) is 0 Å². The third-order valence-corrected chi connectivity index (χ3v) is 3.47. The molecule has 0 aromatic rings. The van der Waals surface area contributed by atoms with Crippen molar-refractivity contribution in [2.75, 3.05) is 39.4 Å². The highest BCUT2D eigenvalue weighted by atomic mass is 16.5. The fourth-order valence-corrected chi connectivity index (χ4v) is 2.05. The second kappa shape index (κ2) is 6.46. The van der Waals surface area contributed by atoms with Crippen LogP contribution in [0.5, 0.6) is 0 Å². The molecule has 1 rings (SSSR count). The van der Waals surface area contributed by atoms with Gasteiger partial charge in [0.25, 0.3) is 0 Å². The van der Waals surface area contributed by atoms with Gasteiger partial charge < -0.3 is 15.0 Å². The van der Waals surface area contributed by atoms with Gasteiger partial charge in [-0.15, -0.1) is 0 Å². The minimum Gasteiger partial charge on any atom is -0.381 e. The number of hydrogen-bond acceptors (Lipinski definition) is 3. The van der Waals surface area contributed by atoms with Gasteiger partial charge in [-0.05, 0) is 32.9 Å². The molecular weight excluding hydrogens is 188 g/mol. The topological polar surface area (TPSA) is 24.5 Å². The molecule has 15 heavy (non-hydrogen) atoms. The lowest BCUT2D eigenvalue weighted by Crippen LogP contribution is -2.49. The van der Waals surface area contributed by atoms with E-state index in [-0.39, 0.29) is 0 Å².